The Balaban J connectivity index is 1.50. The zero-order valence-corrected chi connectivity index (χ0v) is 18.5. The van der Waals surface area contributed by atoms with Gasteiger partial charge in [0.05, 0.1) is 11.5 Å². The van der Waals surface area contributed by atoms with Gasteiger partial charge in [0.25, 0.3) is 0 Å². The summed E-state index contributed by atoms with van der Waals surface area (Å²) in [7, 11) is 0. The molecule has 1 aliphatic carbocycles. The Kier molecular flexibility index (Phi) is 5.69. The molecule has 3 aromatic carbocycles. The lowest BCUT2D eigenvalue weighted by atomic mass is 9.86. The van der Waals surface area contributed by atoms with Gasteiger partial charge in [0.2, 0.25) is 5.82 Å². The lowest BCUT2D eigenvalue weighted by Gasteiger charge is -2.39. The van der Waals surface area contributed by atoms with Crippen LogP contribution in [0, 0.1) is 29.1 Å². The number of carboxylic acid groups (broad SMARTS) is 1. The first-order valence-corrected chi connectivity index (χ1v) is 11.1. The van der Waals surface area contributed by atoms with Crippen molar-refractivity contribution in [3.05, 3.63) is 94.3 Å². The number of halogens is 5. The zero-order valence-electron chi connectivity index (χ0n) is 18.5. The highest BCUT2D eigenvalue weighted by Crippen LogP contribution is 2.46. The highest BCUT2D eigenvalue weighted by atomic mass is 19.2. The van der Waals surface area contributed by atoms with Gasteiger partial charge in [0, 0.05) is 12.5 Å². The van der Waals surface area contributed by atoms with Crippen LogP contribution in [0.2, 0.25) is 0 Å². The van der Waals surface area contributed by atoms with Gasteiger partial charge >= 0.3 is 6.09 Å². The normalized spacial score (nSPS) is 18.8. The van der Waals surface area contributed by atoms with E-state index < -0.39 is 64.6 Å². The number of likely N-dealkylation sites (tertiary alicyclic amines) is 1. The first kappa shape index (κ1) is 23.8. The number of carbonyl (C=O) groups excluding carboxylic acids is 2. The van der Waals surface area contributed by atoms with Crippen molar-refractivity contribution in [1.82, 2.24) is 4.90 Å². The molecular formula is C26H17F5NO4-. The van der Waals surface area contributed by atoms with E-state index in [0.717, 1.165) is 22.3 Å². The summed E-state index contributed by atoms with van der Waals surface area (Å²) in [5.74, 6) is -14.3. The van der Waals surface area contributed by atoms with Crippen molar-refractivity contribution in [2.45, 2.75) is 24.3 Å². The van der Waals surface area contributed by atoms with Gasteiger partial charge in [-0.2, -0.15) is 0 Å². The van der Waals surface area contributed by atoms with E-state index in [0.29, 0.717) is 4.90 Å². The fourth-order valence-electron chi connectivity index (χ4n) is 5.28. The average Bonchev–Trinajstić information content (AvgIpc) is 3.46. The number of amides is 1. The number of hydrogen-bond donors (Lipinski definition) is 0. The SMILES string of the molecule is O=C(OCC1c2ccccc2-c2ccccc21)N1CCC[C@]1(C(=O)[O-])c1c(F)c(F)c(F)c(F)c1F. The third kappa shape index (κ3) is 3.27. The Morgan fingerprint density at radius 3 is 1.89 bits per heavy atom. The van der Waals surface area contributed by atoms with Crippen LogP contribution in [-0.2, 0) is 15.1 Å². The molecule has 0 saturated carbocycles. The number of hydrogen-bond acceptors (Lipinski definition) is 4. The molecule has 3 aromatic rings. The van der Waals surface area contributed by atoms with Crippen LogP contribution in [0.4, 0.5) is 26.7 Å². The predicted octanol–water partition coefficient (Wildman–Crippen LogP) is 4.37. The molecule has 0 bridgehead atoms. The molecule has 2 aliphatic rings. The predicted molar refractivity (Wildman–Crippen MR) is 114 cm³/mol. The monoisotopic (exact) mass is 502 g/mol. The van der Waals surface area contributed by atoms with Gasteiger partial charge in [0.15, 0.2) is 23.3 Å². The summed E-state index contributed by atoms with van der Waals surface area (Å²) in [5.41, 5.74) is -1.00. The molecule has 1 atom stereocenters. The molecule has 0 N–H and O–H groups in total. The maximum absolute atomic E-state index is 14.7. The summed E-state index contributed by atoms with van der Waals surface area (Å²) in [5, 5.41) is 12.2. The van der Waals surface area contributed by atoms with Crippen molar-refractivity contribution in [2.75, 3.05) is 13.2 Å². The molecule has 0 spiro atoms. The number of aliphatic carboxylic acids is 1. The third-order valence-corrected chi connectivity index (χ3v) is 6.90. The smallest absolute Gasteiger partial charge is 0.410 e. The third-order valence-electron chi connectivity index (χ3n) is 6.90. The number of rotatable bonds is 4. The van der Waals surface area contributed by atoms with E-state index in [1.807, 2.05) is 48.5 Å². The van der Waals surface area contributed by atoms with E-state index in [1.165, 1.54) is 0 Å². The van der Waals surface area contributed by atoms with Crippen LogP contribution < -0.4 is 5.11 Å². The molecule has 1 saturated heterocycles. The van der Waals surface area contributed by atoms with E-state index in [2.05, 4.69) is 0 Å². The Labute approximate surface area is 201 Å². The number of benzene rings is 3. The molecule has 36 heavy (non-hydrogen) atoms. The summed E-state index contributed by atoms with van der Waals surface area (Å²) < 4.78 is 76.2. The largest absolute Gasteiger partial charge is 0.547 e. The van der Waals surface area contributed by atoms with E-state index in [9.17, 15) is 36.6 Å². The van der Waals surface area contributed by atoms with E-state index >= 15 is 0 Å². The Bertz CT molecular complexity index is 1340. The molecule has 5 rings (SSSR count). The molecule has 0 aromatic heterocycles. The average molecular weight is 502 g/mol. The van der Waals surface area contributed by atoms with Crippen LogP contribution in [-0.4, -0.2) is 30.1 Å². The van der Waals surface area contributed by atoms with E-state index in [1.54, 1.807) is 0 Å². The fraction of sp³-hybridized carbons (Fsp3) is 0.231. The van der Waals surface area contributed by atoms with Gasteiger partial charge in [-0.05, 0) is 35.1 Å². The molecule has 1 heterocycles. The van der Waals surface area contributed by atoms with Gasteiger partial charge in [-0.3, -0.25) is 4.90 Å². The Morgan fingerprint density at radius 1 is 0.861 bits per heavy atom. The maximum Gasteiger partial charge on any atom is 0.410 e. The van der Waals surface area contributed by atoms with Crippen LogP contribution in [0.1, 0.15) is 35.4 Å². The lowest BCUT2D eigenvalue weighted by molar-refractivity contribution is -0.318. The second-order valence-corrected chi connectivity index (χ2v) is 8.65. The lowest BCUT2D eigenvalue weighted by Crippen LogP contribution is -2.57. The van der Waals surface area contributed by atoms with Crippen molar-refractivity contribution >= 4 is 12.1 Å². The van der Waals surface area contributed by atoms with E-state index in [4.69, 9.17) is 4.74 Å². The first-order chi connectivity index (χ1) is 17.2. The van der Waals surface area contributed by atoms with E-state index in [-0.39, 0.29) is 19.6 Å². The molecule has 10 heteroatoms. The number of fused-ring (bicyclic) bond motifs is 3. The molecular weight excluding hydrogens is 485 g/mol. The van der Waals surface area contributed by atoms with Gasteiger partial charge in [0.1, 0.15) is 12.1 Å². The topological polar surface area (TPSA) is 69.7 Å². The second-order valence-electron chi connectivity index (χ2n) is 8.65. The number of ether oxygens (including phenoxy) is 1. The second kappa shape index (κ2) is 8.61. The molecule has 1 aliphatic heterocycles. The minimum absolute atomic E-state index is 0.0995. The van der Waals surface area contributed by atoms with Gasteiger partial charge in [-0.25, -0.2) is 26.7 Å². The molecule has 0 unspecified atom stereocenters. The quantitative estimate of drug-likeness (QED) is 0.302. The molecule has 186 valence electrons. The summed E-state index contributed by atoms with van der Waals surface area (Å²) in [6.07, 6.45) is -2.00. The van der Waals surface area contributed by atoms with Gasteiger partial charge in [-0.1, -0.05) is 48.5 Å². The van der Waals surface area contributed by atoms with Crippen LogP contribution in [0.25, 0.3) is 11.1 Å². The summed E-state index contributed by atoms with van der Waals surface area (Å²) >= 11 is 0. The van der Waals surface area contributed by atoms with Gasteiger partial charge < -0.3 is 14.6 Å². The van der Waals surface area contributed by atoms with Crippen molar-refractivity contribution in [3.63, 3.8) is 0 Å². The number of carboxylic acids is 1. The van der Waals surface area contributed by atoms with Crippen LogP contribution >= 0.6 is 0 Å². The first-order valence-electron chi connectivity index (χ1n) is 11.1. The Hall–Kier alpha value is -3.95. The minimum Gasteiger partial charge on any atom is -0.547 e. The zero-order chi connectivity index (χ0) is 25.8. The highest BCUT2D eigenvalue weighted by molar-refractivity contribution is 5.86. The minimum atomic E-state index is -2.94. The molecule has 0 radical (unpaired) electrons. The van der Waals surface area contributed by atoms with Crippen LogP contribution in [0.5, 0.6) is 0 Å². The number of nitrogens with zero attached hydrogens (tertiary/aromatic N) is 1. The van der Waals surface area contributed by atoms with Crippen molar-refractivity contribution in [3.8, 4) is 11.1 Å². The summed E-state index contributed by atoms with van der Waals surface area (Å²) in [6.45, 7) is -0.603. The van der Waals surface area contributed by atoms with Crippen LogP contribution in [0.15, 0.2) is 48.5 Å². The molecule has 1 fully saturated rings. The van der Waals surface area contributed by atoms with Crippen LogP contribution in [0.3, 0.4) is 0 Å². The summed E-state index contributed by atoms with van der Waals surface area (Å²) in [6, 6.07) is 14.8. The molecule has 5 nitrogen and oxygen atoms in total. The Morgan fingerprint density at radius 2 is 1.36 bits per heavy atom. The fourth-order valence-corrected chi connectivity index (χ4v) is 5.28. The maximum atomic E-state index is 14.7. The molecule has 1 amide bonds. The standard InChI is InChI=1S/C26H18F5NO4/c27-19-18(20(28)22(30)23(31)21(19)29)26(24(33)34)10-5-11-32(26)25(35)36-12-17-15-8-3-1-6-13(15)14-7-2-4-9-16(14)17/h1-4,6-9,17H,5,10-12H2,(H,33,34)/p-1/t26-/m1/s1. The summed E-state index contributed by atoms with van der Waals surface area (Å²) in [4.78, 5) is 25.8. The van der Waals surface area contributed by atoms with Crippen molar-refractivity contribution in [1.29, 1.82) is 0 Å². The van der Waals surface area contributed by atoms with Crippen molar-refractivity contribution in [2.24, 2.45) is 0 Å². The van der Waals surface area contributed by atoms with Gasteiger partial charge in [-0.15, -0.1) is 0 Å². The van der Waals surface area contributed by atoms with Crippen molar-refractivity contribution < 1.29 is 41.4 Å². The number of carbonyl (C=O) groups is 2. The highest BCUT2D eigenvalue weighted by Gasteiger charge is 2.52.